The largest absolute Gasteiger partial charge is 0.497 e. The van der Waals surface area contributed by atoms with Crippen LogP contribution in [0.4, 0.5) is 0 Å². The van der Waals surface area contributed by atoms with Gasteiger partial charge in [-0.3, -0.25) is 0 Å². The molecule has 0 aliphatic carbocycles. The van der Waals surface area contributed by atoms with E-state index < -0.39 is 0 Å². The van der Waals surface area contributed by atoms with Crippen molar-refractivity contribution >= 4 is 26.9 Å². The van der Waals surface area contributed by atoms with Crippen molar-refractivity contribution < 1.29 is 9.15 Å². The molecule has 0 aliphatic rings. The molecule has 0 radical (unpaired) electrons. The van der Waals surface area contributed by atoms with E-state index >= 15 is 0 Å². The number of nitrogens with one attached hydrogen (secondary N) is 1. The molecule has 1 aromatic heterocycles. The van der Waals surface area contributed by atoms with E-state index in [2.05, 4.69) is 35.1 Å². The third-order valence-corrected chi connectivity index (χ3v) is 3.21. The molecular formula is C13H16BrNO2. The minimum absolute atomic E-state index is 0.453. The smallest absolute Gasteiger partial charge is 0.148 e. The van der Waals surface area contributed by atoms with E-state index in [0.717, 1.165) is 33.3 Å². The summed E-state index contributed by atoms with van der Waals surface area (Å²) >= 11 is 3.49. The first kappa shape index (κ1) is 12.5. The highest BCUT2D eigenvalue weighted by Gasteiger charge is 2.11. The molecule has 0 fully saturated rings. The van der Waals surface area contributed by atoms with Gasteiger partial charge in [-0.05, 0) is 28.1 Å². The van der Waals surface area contributed by atoms with Gasteiger partial charge in [0.25, 0.3) is 0 Å². The Morgan fingerprint density at radius 3 is 2.82 bits per heavy atom. The number of ether oxygens (including phenoxy) is 1. The summed E-state index contributed by atoms with van der Waals surface area (Å²) in [5.41, 5.74) is 2.01. The molecule has 1 aromatic carbocycles. The van der Waals surface area contributed by atoms with Gasteiger partial charge in [0, 0.05) is 23.5 Å². The maximum absolute atomic E-state index is 5.57. The van der Waals surface area contributed by atoms with Crippen LogP contribution in [-0.4, -0.2) is 13.2 Å². The number of hydrogen-bond acceptors (Lipinski definition) is 3. The van der Waals surface area contributed by atoms with Gasteiger partial charge < -0.3 is 14.5 Å². The fourth-order valence-corrected chi connectivity index (χ4v) is 2.22. The molecule has 1 N–H and O–H groups in total. The van der Waals surface area contributed by atoms with Gasteiger partial charge in [0.05, 0.1) is 17.8 Å². The van der Waals surface area contributed by atoms with Gasteiger partial charge in [0.1, 0.15) is 11.3 Å². The van der Waals surface area contributed by atoms with Crippen LogP contribution in [-0.2, 0) is 6.54 Å². The molecule has 0 saturated carbocycles. The van der Waals surface area contributed by atoms with Crippen LogP contribution >= 0.6 is 15.9 Å². The van der Waals surface area contributed by atoms with Crippen molar-refractivity contribution in [3.63, 3.8) is 0 Å². The van der Waals surface area contributed by atoms with Gasteiger partial charge >= 0.3 is 0 Å². The first-order valence-electron chi connectivity index (χ1n) is 5.59. The van der Waals surface area contributed by atoms with Crippen LogP contribution in [0, 0.1) is 0 Å². The zero-order chi connectivity index (χ0) is 12.4. The van der Waals surface area contributed by atoms with E-state index in [9.17, 15) is 0 Å². The van der Waals surface area contributed by atoms with Gasteiger partial charge in [0.2, 0.25) is 0 Å². The molecule has 0 amide bonds. The van der Waals surface area contributed by atoms with Crippen LogP contribution in [0.1, 0.15) is 19.4 Å². The number of halogens is 1. The lowest BCUT2D eigenvalue weighted by Gasteiger charge is -2.07. The molecular weight excluding hydrogens is 282 g/mol. The average Bonchev–Trinajstić information content (AvgIpc) is 2.69. The molecule has 3 nitrogen and oxygen atoms in total. The number of fused-ring (bicyclic) bond motifs is 1. The Morgan fingerprint density at radius 2 is 2.18 bits per heavy atom. The van der Waals surface area contributed by atoms with Crippen LogP contribution in [0.2, 0.25) is 0 Å². The van der Waals surface area contributed by atoms with Crippen molar-refractivity contribution in [2.75, 3.05) is 7.11 Å². The summed E-state index contributed by atoms with van der Waals surface area (Å²) in [6.07, 6.45) is 1.80. The summed E-state index contributed by atoms with van der Waals surface area (Å²) in [4.78, 5) is 0. The molecule has 92 valence electrons. The lowest BCUT2D eigenvalue weighted by atomic mass is 10.1. The third kappa shape index (κ3) is 2.64. The maximum atomic E-state index is 5.57. The molecule has 2 aromatic rings. The minimum atomic E-state index is 0.453. The Bertz CT molecular complexity index is 519. The van der Waals surface area contributed by atoms with E-state index in [0.29, 0.717) is 6.04 Å². The summed E-state index contributed by atoms with van der Waals surface area (Å²) in [5.74, 6) is 0.830. The molecule has 17 heavy (non-hydrogen) atoms. The van der Waals surface area contributed by atoms with Crippen molar-refractivity contribution in [1.82, 2.24) is 5.32 Å². The minimum Gasteiger partial charge on any atom is -0.497 e. The zero-order valence-corrected chi connectivity index (χ0v) is 11.8. The number of furan rings is 1. The summed E-state index contributed by atoms with van der Waals surface area (Å²) in [7, 11) is 1.67. The summed E-state index contributed by atoms with van der Waals surface area (Å²) in [6.45, 7) is 5.04. The topological polar surface area (TPSA) is 34.4 Å². The maximum Gasteiger partial charge on any atom is 0.148 e. The van der Waals surface area contributed by atoms with Gasteiger partial charge in [-0.15, -0.1) is 0 Å². The van der Waals surface area contributed by atoms with Crippen LogP contribution in [0.25, 0.3) is 11.0 Å². The molecule has 0 saturated heterocycles. The van der Waals surface area contributed by atoms with E-state index in [1.54, 1.807) is 13.4 Å². The van der Waals surface area contributed by atoms with E-state index in [-0.39, 0.29) is 0 Å². The van der Waals surface area contributed by atoms with E-state index in [1.807, 2.05) is 12.1 Å². The fourth-order valence-electron chi connectivity index (χ4n) is 1.69. The molecule has 0 aliphatic heterocycles. The van der Waals surface area contributed by atoms with Gasteiger partial charge in [-0.25, -0.2) is 0 Å². The third-order valence-electron chi connectivity index (χ3n) is 2.62. The average molecular weight is 298 g/mol. The van der Waals surface area contributed by atoms with Gasteiger partial charge in [0.15, 0.2) is 0 Å². The number of methoxy groups -OCH3 is 1. The lowest BCUT2D eigenvalue weighted by Crippen LogP contribution is -2.21. The quantitative estimate of drug-likeness (QED) is 0.934. The lowest BCUT2D eigenvalue weighted by molar-refractivity contribution is 0.415. The van der Waals surface area contributed by atoms with Crippen LogP contribution in [0.3, 0.4) is 0 Å². The van der Waals surface area contributed by atoms with E-state index in [4.69, 9.17) is 9.15 Å². The van der Waals surface area contributed by atoms with Crippen molar-refractivity contribution in [1.29, 1.82) is 0 Å². The highest BCUT2D eigenvalue weighted by atomic mass is 79.9. The van der Waals surface area contributed by atoms with Crippen molar-refractivity contribution in [2.24, 2.45) is 0 Å². The molecule has 2 rings (SSSR count). The molecule has 4 heteroatoms. The van der Waals surface area contributed by atoms with Crippen molar-refractivity contribution in [2.45, 2.75) is 26.4 Å². The first-order chi connectivity index (χ1) is 8.11. The molecule has 1 heterocycles. The standard InChI is InChI=1S/C13H16BrNO2/c1-8(2)15-6-9-7-17-13-11(9)4-10(16-3)5-12(13)14/h4-5,7-8,15H,6H2,1-3H3. The molecule has 0 spiro atoms. The Morgan fingerprint density at radius 1 is 1.41 bits per heavy atom. The molecule has 0 unspecified atom stereocenters. The SMILES string of the molecule is COc1cc(Br)c2occ(CNC(C)C)c2c1. The zero-order valence-electron chi connectivity index (χ0n) is 10.2. The second kappa shape index (κ2) is 5.10. The number of hydrogen-bond donors (Lipinski definition) is 1. The Hall–Kier alpha value is -1.00. The second-order valence-electron chi connectivity index (χ2n) is 4.28. The van der Waals surface area contributed by atoms with Crippen LogP contribution in [0.5, 0.6) is 5.75 Å². The monoisotopic (exact) mass is 297 g/mol. The van der Waals surface area contributed by atoms with Gasteiger partial charge in [-0.1, -0.05) is 13.8 Å². The fraction of sp³-hybridized carbons (Fsp3) is 0.385. The van der Waals surface area contributed by atoms with Crippen LogP contribution in [0.15, 0.2) is 27.3 Å². The Balaban J connectivity index is 2.40. The Kier molecular flexibility index (Phi) is 3.74. The summed E-state index contributed by atoms with van der Waals surface area (Å²) in [6, 6.07) is 4.36. The summed E-state index contributed by atoms with van der Waals surface area (Å²) < 4.78 is 11.7. The van der Waals surface area contributed by atoms with Gasteiger partial charge in [-0.2, -0.15) is 0 Å². The number of benzene rings is 1. The molecule has 0 atom stereocenters. The normalized spacial score (nSPS) is 11.4. The van der Waals surface area contributed by atoms with Crippen molar-refractivity contribution in [3.05, 3.63) is 28.4 Å². The first-order valence-corrected chi connectivity index (χ1v) is 6.38. The van der Waals surface area contributed by atoms with E-state index in [1.165, 1.54) is 0 Å². The highest BCUT2D eigenvalue weighted by molar-refractivity contribution is 9.10. The predicted octanol–water partition coefficient (Wildman–Crippen LogP) is 3.70. The Labute approximate surface area is 109 Å². The molecule has 0 bridgehead atoms. The number of rotatable bonds is 4. The summed E-state index contributed by atoms with van der Waals surface area (Å²) in [5, 5.41) is 4.47. The van der Waals surface area contributed by atoms with Crippen molar-refractivity contribution in [3.8, 4) is 5.75 Å². The highest BCUT2D eigenvalue weighted by Crippen LogP contribution is 2.32. The second-order valence-corrected chi connectivity index (χ2v) is 5.14. The predicted molar refractivity (Wildman–Crippen MR) is 72.4 cm³/mol. The van der Waals surface area contributed by atoms with Crippen LogP contribution < -0.4 is 10.1 Å².